The van der Waals surface area contributed by atoms with Crippen molar-refractivity contribution in [1.82, 2.24) is 5.32 Å². The Balaban J connectivity index is 2.10. The minimum absolute atomic E-state index is 0.00250. The Labute approximate surface area is 137 Å². The molecule has 2 amide bonds. The van der Waals surface area contributed by atoms with Crippen molar-refractivity contribution in [3.8, 4) is 0 Å². The summed E-state index contributed by atoms with van der Waals surface area (Å²) < 4.78 is 18.7. The Morgan fingerprint density at radius 3 is 2.57 bits per heavy atom. The quantitative estimate of drug-likeness (QED) is 0.877. The van der Waals surface area contributed by atoms with E-state index < -0.39 is 23.7 Å². The van der Waals surface area contributed by atoms with Crippen LogP contribution in [0.2, 0.25) is 5.02 Å². The lowest BCUT2D eigenvalue weighted by Gasteiger charge is -2.21. The molecule has 0 radical (unpaired) electrons. The third-order valence-electron chi connectivity index (χ3n) is 3.17. The SMILES string of the molecule is CC(C)C(NC(=O)c1ccco1)C(=O)Nc1ccc(Cl)cc1F. The fourth-order valence-corrected chi connectivity index (χ4v) is 2.12. The molecule has 0 bridgehead atoms. The highest BCUT2D eigenvalue weighted by Crippen LogP contribution is 2.19. The topological polar surface area (TPSA) is 71.3 Å². The lowest BCUT2D eigenvalue weighted by atomic mass is 10.0. The van der Waals surface area contributed by atoms with Crippen LogP contribution in [-0.4, -0.2) is 17.9 Å². The number of carbonyl (C=O) groups excluding carboxylic acids is 2. The molecule has 23 heavy (non-hydrogen) atoms. The first-order chi connectivity index (χ1) is 10.9. The highest BCUT2D eigenvalue weighted by molar-refractivity contribution is 6.30. The van der Waals surface area contributed by atoms with Gasteiger partial charge in [-0.05, 0) is 36.2 Å². The van der Waals surface area contributed by atoms with Crippen LogP contribution in [0, 0.1) is 11.7 Å². The molecule has 2 rings (SSSR count). The smallest absolute Gasteiger partial charge is 0.287 e. The molecule has 1 unspecified atom stereocenters. The molecule has 1 aromatic carbocycles. The summed E-state index contributed by atoms with van der Waals surface area (Å²) in [4.78, 5) is 24.4. The first kappa shape index (κ1) is 17.0. The molecular formula is C16H16ClFN2O3. The maximum Gasteiger partial charge on any atom is 0.287 e. The molecule has 0 saturated heterocycles. The Hall–Kier alpha value is -2.34. The molecule has 0 saturated carbocycles. The number of anilines is 1. The molecule has 0 aliphatic carbocycles. The molecule has 7 heteroatoms. The van der Waals surface area contributed by atoms with Gasteiger partial charge in [0.1, 0.15) is 11.9 Å². The van der Waals surface area contributed by atoms with Gasteiger partial charge in [0.15, 0.2) is 5.76 Å². The largest absolute Gasteiger partial charge is 0.459 e. The van der Waals surface area contributed by atoms with Crippen molar-refractivity contribution in [3.63, 3.8) is 0 Å². The summed E-state index contributed by atoms with van der Waals surface area (Å²) in [5.74, 6) is -1.79. The highest BCUT2D eigenvalue weighted by Gasteiger charge is 2.26. The summed E-state index contributed by atoms with van der Waals surface area (Å²) in [5, 5.41) is 5.26. The molecule has 0 spiro atoms. The van der Waals surface area contributed by atoms with Crippen molar-refractivity contribution in [2.45, 2.75) is 19.9 Å². The Kier molecular flexibility index (Phi) is 5.39. The Morgan fingerprint density at radius 2 is 2.00 bits per heavy atom. The van der Waals surface area contributed by atoms with Crippen molar-refractivity contribution < 1.29 is 18.4 Å². The molecule has 0 aliphatic heterocycles. The van der Waals surface area contributed by atoms with E-state index in [0.29, 0.717) is 0 Å². The maximum atomic E-state index is 13.8. The van der Waals surface area contributed by atoms with Crippen molar-refractivity contribution >= 4 is 29.1 Å². The van der Waals surface area contributed by atoms with E-state index >= 15 is 0 Å². The molecule has 2 aromatic rings. The van der Waals surface area contributed by atoms with E-state index in [2.05, 4.69) is 10.6 Å². The van der Waals surface area contributed by atoms with E-state index in [1.54, 1.807) is 19.9 Å². The molecule has 1 atom stereocenters. The number of hydrogen-bond acceptors (Lipinski definition) is 3. The van der Waals surface area contributed by atoms with E-state index in [1.807, 2.05) is 0 Å². The molecule has 2 N–H and O–H groups in total. The number of furan rings is 1. The lowest BCUT2D eigenvalue weighted by molar-refractivity contribution is -0.118. The van der Waals surface area contributed by atoms with Gasteiger partial charge in [-0.2, -0.15) is 0 Å². The lowest BCUT2D eigenvalue weighted by Crippen LogP contribution is -2.47. The number of amides is 2. The van der Waals surface area contributed by atoms with Crippen LogP contribution in [0.5, 0.6) is 0 Å². The zero-order chi connectivity index (χ0) is 17.0. The zero-order valence-corrected chi connectivity index (χ0v) is 13.4. The number of halogens is 2. The highest BCUT2D eigenvalue weighted by atomic mass is 35.5. The van der Waals surface area contributed by atoms with Crippen LogP contribution >= 0.6 is 11.6 Å². The second kappa shape index (κ2) is 7.28. The van der Waals surface area contributed by atoms with Gasteiger partial charge < -0.3 is 15.1 Å². The normalized spacial score (nSPS) is 12.0. The first-order valence-electron chi connectivity index (χ1n) is 6.98. The predicted molar refractivity (Wildman–Crippen MR) is 84.8 cm³/mol. The minimum Gasteiger partial charge on any atom is -0.459 e. The number of nitrogens with one attached hydrogen (secondary N) is 2. The molecular weight excluding hydrogens is 323 g/mol. The van der Waals surface area contributed by atoms with Gasteiger partial charge in [0, 0.05) is 5.02 Å². The van der Waals surface area contributed by atoms with Crippen molar-refractivity contribution in [2.24, 2.45) is 5.92 Å². The fourth-order valence-electron chi connectivity index (χ4n) is 1.96. The molecule has 5 nitrogen and oxygen atoms in total. The van der Waals surface area contributed by atoms with Gasteiger partial charge in [-0.15, -0.1) is 0 Å². The van der Waals surface area contributed by atoms with Gasteiger partial charge in [0.05, 0.1) is 12.0 Å². The zero-order valence-electron chi connectivity index (χ0n) is 12.6. The second-order valence-electron chi connectivity index (χ2n) is 5.29. The summed E-state index contributed by atoms with van der Waals surface area (Å²) in [6, 6.07) is 6.14. The van der Waals surface area contributed by atoms with E-state index in [-0.39, 0.29) is 22.4 Å². The van der Waals surface area contributed by atoms with Crippen molar-refractivity contribution in [3.05, 3.63) is 53.2 Å². The maximum absolute atomic E-state index is 13.8. The summed E-state index contributed by atoms with van der Waals surface area (Å²) >= 11 is 5.67. The standard InChI is InChI=1S/C16H16ClFN2O3/c1-9(2)14(20-15(21)13-4-3-7-23-13)16(22)19-12-6-5-10(17)8-11(12)18/h3-9,14H,1-2H3,(H,19,22)(H,20,21). The average Bonchev–Trinajstić information content (AvgIpc) is 3.01. The van der Waals surface area contributed by atoms with Crippen LogP contribution in [0.3, 0.4) is 0 Å². The van der Waals surface area contributed by atoms with Crippen LogP contribution in [0.15, 0.2) is 41.0 Å². The molecule has 0 fully saturated rings. The molecule has 1 heterocycles. The predicted octanol–water partition coefficient (Wildman–Crippen LogP) is 3.47. The van der Waals surface area contributed by atoms with Gasteiger partial charge >= 0.3 is 0 Å². The monoisotopic (exact) mass is 338 g/mol. The summed E-state index contributed by atoms with van der Waals surface area (Å²) in [6.45, 7) is 3.54. The van der Waals surface area contributed by atoms with Crippen molar-refractivity contribution in [1.29, 1.82) is 0 Å². The second-order valence-corrected chi connectivity index (χ2v) is 5.72. The first-order valence-corrected chi connectivity index (χ1v) is 7.36. The molecule has 0 aliphatic rings. The van der Waals surface area contributed by atoms with Crippen LogP contribution in [0.4, 0.5) is 10.1 Å². The van der Waals surface area contributed by atoms with E-state index in [9.17, 15) is 14.0 Å². The van der Waals surface area contributed by atoms with Crippen LogP contribution < -0.4 is 10.6 Å². The summed E-state index contributed by atoms with van der Waals surface area (Å²) in [6.07, 6.45) is 1.36. The van der Waals surface area contributed by atoms with Gasteiger partial charge in [0.25, 0.3) is 5.91 Å². The number of hydrogen-bond donors (Lipinski definition) is 2. The average molecular weight is 339 g/mol. The fraction of sp³-hybridized carbons (Fsp3) is 0.250. The Morgan fingerprint density at radius 1 is 1.26 bits per heavy atom. The van der Waals surface area contributed by atoms with Crippen LogP contribution in [0.25, 0.3) is 0 Å². The van der Waals surface area contributed by atoms with Gasteiger partial charge in [-0.25, -0.2) is 4.39 Å². The molecule has 122 valence electrons. The van der Waals surface area contributed by atoms with E-state index in [4.69, 9.17) is 16.0 Å². The van der Waals surface area contributed by atoms with Gasteiger partial charge in [-0.1, -0.05) is 25.4 Å². The third kappa shape index (κ3) is 4.32. The third-order valence-corrected chi connectivity index (χ3v) is 3.40. The number of rotatable bonds is 5. The minimum atomic E-state index is -0.845. The molecule has 1 aromatic heterocycles. The number of benzene rings is 1. The van der Waals surface area contributed by atoms with E-state index in [1.165, 1.54) is 24.5 Å². The van der Waals surface area contributed by atoms with E-state index in [0.717, 1.165) is 6.07 Å². The summed E-state index contributed by atoms with van der Waals surface area (Å²) in [7, 11) is 0. The van der Waals surface area contributed by atoms with Crippen molar-refractivity contribution in [2.75, 3.05) is 5.32 Å². The summed E-state index contributed by atoms with van der Waals surface area (Å²) in [5.41, 5.74) is -0.00250. The van der Waals surface area contributed by atoms with Gasteiger partial charge in [0.2, 0.25) is 5.91 Å². The van der Waals surface area contributed by atoms with Crippen LogP contribution in [0.1, 0.15) is 24.4 Å². The number of carbonyl (C=O) groups is 2. The Bertz CT molecular complexity index is 701. The van der Waals surface area contributed by atoms with Gasteiger partial charge in [-0.3, -0.25) is 9.59 Å². The van der Waals surface area contributed by atoms with Crippen LogP contribution in [-0.2, 0) is 4.79 Å².